The molecule has 0 N–H and O–H groups in total. The molecular formula is C23H26N4O4S. The molecule has 0 radical (unpaired) electrons. The largest absolute Gasteiger partial charge is 0.494 e. The molecular weight excluding hydrogens is 428 g/mol. The van der Waals surface area contributed by atoms with E-state index in [2.05, 4.69) is 5.10 Å². The van der Waals surface area contributed by atoms with Gasteiger partial charge in [0.2, 0.25) is 10.0 Å². The molecule has 1 aliphatic heterocycles. The third kappa shape index (κ3) is 4.26. The Bertz CT molecular complexity index is 1180. The summed E-state index contributed by atoms with van der Waals surface area (Å²) in [5, 5.41) is 4.37. The van der Waals surface area contributed by atoms with Gasteiger partial charge in [-0.15, -0.1) is 0 Å². The number of carbonyl (C=O) groups excluding carboxylic acids is 1. The van der Waals surface area contributed by atoms with Gasteiger partial charge in [-0.1, -0.05) is 18.2 Å². The molecule has 9 heteroatoms. The Morgan fingerprint density at radius 2 is 1.66 bits per heavy atom. The molecule has 4 rings (SSSR count). The van der Waals surface area contributed by atoms with Gasteiger partial charge in [0.25, 0.3) is 5.91 Å². The summed E-state index contributed by atoms with van der Waals surface area (Å²) in [5.41, 5.74) is 2.16. The SMILES string of the molecule is CCOc1ccc(S(=O)(=O)N2CCN(C(=O)c3cnn(-c4ccccc4)c3C)CC2)cc1. The summed E-state index contributed by atoms with van der Waals surface area (Å²) in [4.78, 5) is 15.0. The molecule has 2 aromatic carbocycles. The van der Waals surface area contributed by atoms with Gasteiger partial charge < -0.3 is 9.64 Å². The van der Waals surface area contributed by atoms with E-state index in [9.17, 15) is 13.2 Å². The molecule has 1 saturated heterocycles. The number of amides is 1. The zero-order valence-electron chi connectivity index (χ0n) is 18.1. The Labute approximate surface area is 188 Å². The normalized spacial score (nSPS) is 15.0. The number of aromatic nitrogens is 2. The van der Waals surface area contributed by atoms with E-state index in [0.29, 0.717) is 31.0 Å². The first-order chi connectivity index (χ1) is 15.4. The summed E-state index contributed by atoms with van der Waals surface area (Å²) in [7, 11) is -3.62. The highest BCUT2D eigenvalue weighted by Crippen LogP contribution is 2.22. The maximum Gasteiger partial charge on any atom is 0.257 e. The highest BCUT2D eigenvalue weighted by Gasteiger charge is 2.31. The molecule has 0 unspecified atom stereocenters. The van der Waals surface area contributed by atoms with Crippen LogP contribution in [0.1, 0.15) is 23.0 Å². The van der Waals surface area contributed by atoms with Crippen molar-refractivity contribution in [3.63, 3.8) is 0 Å². The van der Waals surface area contributed by atoms with Gasteiger partial charge in [-0.25, -0.2) is 13.1 Å². The van der Waals surface area contributed by atoms with Crippen LogP contribution in [0.3, 0.4) is 0 Å². The van der Waals surface area contributed by atoms with Gasteiger partial charge in [-0.05, 0) is 50.2 Å². The highest BCUT2D eigenvalue weighted by atomic mass is 32.2. The number of benzene rings is 2. The number of para-hydroxylation sites is 1. The van der Waals surface area contributed by atoms with Crippen LogP contribution in [0.15, 0.2) is 65.7 Å². The third-order valence-corrected chi connectivity index (χ3v) is 7.45. The lowest BCUT2D eigenvalue weighted by molar-refractivity contribution is 0.0697. The zero-order valence-corrected chi connectivity index (χ0v) is 19.0. The minimum atomic E-state index is -3.62. The van der Waals surface area contributed by atoms with E-state index < -0.39 is 10.0 Å². The molecule has 168 valence electrons. The lowest BCUT2D eigenvalue weighted by Gasteiger charge is -2.34. The minimum Gasteiger partial charge on any atom is -0.494 e. The number of ether oxygens (including phenoxy) is 1. The van der Waals surface area contributed by atoms with Crippen molar-refractivity contribution in [3.8, 4) is 11.4 Å². The van der Waals surface area contributed by atoms with Crippen molar-refractivity contribution >= 4 is 15.9 Å². The number of nitrogens with zero attached hydrogens (tertiary/aromatic N) is 4. The summed E-state index contributed by atoms with van der Waals surface area (Å²) in [6, 6.07) is 16.0. The summed E-state index contributed by atoms with van der Waals surface area (Å²) >= 11 is 0. The Kier molecular flexibility index (Phi) is 6.29. The fraction of sp³-hybridized carbons (Fsp3) is 0.304. The molecule has 0 bridgehead atoms. The smallest absolute Gasteiger partial charge is 0.257 e. The van der Waals surface area contributed by atoms with Crippen molar-refractivity contribution in [1.29, 1.82) is 0 Å². The van der Waals surface area contributed by atoms with Gasteiger partial charge in [0.05, 0.1) is 34.6 Å². The van der Waals surface area contributed by atoms with Crippen LogP contribution < -0.4 is 4.74 Å². The molecule has 32 heavy (non-hydrogen) atoms. The maximum absolute atomic E-state index is 13.1. The van der Waals surface area contributed by atoms with Gasteiger partial charge in [0.15, 0.2) is 0 Å². The Morgan fingerprint density at radius 3 is 2.28 bits per heavy atom. The van der Waals surface area contributed by atoms with Gasteiger partial charge in [0, 0.05) is 26.2 Å². The zero-order chi connectivity index (χ0) is 22.7. The summed E-state index contributed by atoms with van der Waals surface area (Å²) in [6.07, 6.45) is 1.58. The molecule has 1 aliphatic rings. The summed E-state index contributed by atoms with van der Waals surface area (Å²) in [6.45, 7) is 5.39. The second kappa shape index (κ2) is 9.13. The van der Waals surface area contributed by atoms with Crippen molar-refractivity contribution in [2.75, 3.05) is 32.8 Å². The van der Waals surface area contributed by atoms with E-state index in [1.807, 2.05) is 44.2 Å². The average molecular weight is 455 g/mol. The molecule has 1 aromatic heterocycles. The molecule has 0 atom stereocenters. The molecule has 2 heterocycles. The molecule has 0 aliphatic carbocycles. The predicted octanol–water partition coefficient (Wildman–Crippen LogP) is 2.73. The molecule has 3 aromatic rings. The molecule has 0 spiro atoms. The third-order valence-electron chi connectivity index (χ3n) is 5.54. The van der Waals surface area contributed by atoms with Gasteiger partial charge in [0.1, 0.15) is 5.75 Å². The number of rotatable bonds is 6. The quantitative estimate of drug-likeness (QED) is 0.572. The standard InChI is InChI=1S/C23H26N4O4S/c1-3-31-20-9-11-21(12-10-20)32(29,30)26-15-13-25(14-16-26)23(28)22-17-24-27(18(22)2)19-7-5-4-6-8-19/h4-12,17H,3,13-16H2,1-2H3. The van der Waals surface area contributed by atoms with Crippen molar-refractivity contribution in [2.45, 2.75) is 18.7 Å². The molecule has 8 nitrogen and oxygen atoms in total. The Hall–Kier alpha value is -3.17. The highest BCUT2D eigenvalue weighted by molar-refractivity contribution is 7.89. The van der Waals surface area contributed by atoms with Gasteiger partial charge in [-0.2, -0.15) is 9.40 Å². The summed E-state index contributed by atoms with van der Waals surface area (Å²) < 4.78 is 34.5. The van der Waals surface area contributed by atoms with Gasteiger partial charge in [-0.3, -0.25) is 4.79 Å². The number of carbonyl (C=O) groups is 1. The van der Waals surface area contributed by atoms with Crippen LogP contribution in [0, 0.1) is 6.92 Å². The van der Waals surface area contributed by atoms with Crippen molar-refractivity contribution in [1.82, 2.24) is 19.0 Å². The van der Waals surface area contributed by atoms with Crippen LogP contribution >= 0.6 is 0 Å². The van der Waals surface area contributed by atoms with Crippen molar-refractivity contribution in [2.24, 2.45) is 0 Å². The lowest BCUT2D eigenvalue weighted by atomic mass is 10.2. The average Bonchev–Trinajstić information content (AvgIpc) is 3.21. The topological polar surface area (TPSA) is 84.7 Å². The van der Waals surface area contributed by atoms with Crippen molar-refractivity contribution in [3.05, 3.63) is 72.1 Å². The van der Waals surface area contributed by atoms with Gasteiger partial charge >= 0.3 is 0 Å². The lowest BCUT2D eigenvalue weighted by Crippen LogP contribution is -2.50. The molecule has 0 saturated carbocycles. The number of piperazine rings is 1. The Morgan fingerprint density at radius 1 is 1.00 bits per heavy atom. The molecule has 1 amide bonds. The van der Waals surface area contributed by atoms with E-state index in [1.165, 1.54) is 4.31 Å². The van der Waals surface area contributed by atoms with Crippen LogP contribution in [0.2, 0.25) is 0 Å². The van der Waals surface area contributed by atoms with E-state index in [0.717, 1.165) is 11.4 Å². The van der Waals surface area contributed by atoms with E-state index in [1.54, 1.807) is 40.0 Å². The first kappa shape index (κ1) is 22.0. The first-order valence-electron chi connectivity index (χ1n) is 10.5. The first-order valence-corrected chi connectivity index (χ1v) is 12.0. The molecule has 1 fully saturated rings. The Balaban J connectivity index is 1.43. The van der Waals surface area contributed by atoms with Crippen LogP contribution in [-0.4, -0.2) is 66.1 Å². The predicted molar refractivity (Wildman–Crippen MR) is 121 cm³/mol. The van der Waals surface area contributed by atoms with Crippen LogP contribution in [0.5, 0.6) is 5.75 Å². The monoisotopic (exact) mass is 454 g/mol. The van der Waals surface area contributed by atoms with Crippen molar-refractivity contribution < 1.29 is 17.9 Å². The summed E-state index contributed by atoms with van der Waals surface area (Å²) in [5.74, 6) is 0.496. The number of hydrogen-bond donors (Lipinski definition) is 0. The second-order valence-electron chi connectivity index (χ2n) is 7.49. The number of hydrogen-bond acceptors (Lipinski definition) is 5. The fourth-order valence-electron chi connectivity index (χ4n) is 3.77. The maximum atomic E-state index is 13.1. The van der Waals surface area contributed by atoms with E-state index in [4.69, 9.17) is 4.74 Å². The second-order valence-corrected chi connectivity index (χ2v) is 9.43. The minimum absolute atomic E-state index is 0.136. The van der Waals surface area contributed by atoms with Crippen LogP contribution in [0.4, 0.5) is 0 Å². The van der Waals surface area contributed by atoms with E-state index >= 15 is 0 Å². The fourth-order valence-corrected chi connectivity index (χ4v) is 5.20. The van der Waals surface area contributed by atoms with Crippen LogP contribution in [-0.2, 0) is 10.0 Å². The number of sulfonamides is 1. The van der Waals surface area contributed by atoms with Crippen LogP contribution in [0.25, 0.3) is 5.69 Å². The van der Waals surface area contributed by atoms with E-state index in [-0.39, 0.29) is 23.9 Å².